The smallest absolute Gasteiger partial charge is 0.193 e. The lowest BCUT2D eigenvalue weighted by molar-refractivity contribution is -0.138. The van der Waals surface area contributed by atoms with E-state index in [0.29, 0.717) is 5.56 Å². The van der Waals surface area contributed by atoms with Crippen LogP contribution < -0.4 is 0 Å². The van der Waals surface area contributed by atoms with Gasteiger partial charge in [-0.3, -0.25) is 0 Å². The largest absolute Gasteiger partial charge is 0.416 e. The average molecular weight is 211 g/mol. The fourth-order valence-electron chi connectivity index (χ4n) is 1.27. The maximum absolute atomic E-state index is 12.5. The minimum atomic E-state index is -4.35. The minimum absolute atomic E-state index is 0.136. The molecule has 0 amide bonds. The Hall–Kier alpha value is -1.76. The predicted octanol–water partition coefficient (Wildman–Crippen LogP) is 3.55. The van der Waals surface area contributed by atoms with Crippen molar-refractivity contribution in [3.63, 3.8) is 0 Å². The van der Waals surface area contributed by atoms with Crippen molar-refractivity contribution in [2.75, 3.05) is 0 Å². The normalized spacial score (nSPS) is 11.7. The highest BCUT2D eigenvalue weighted by molar-refractivity contribution is 5.57. The molecule has 1 aromatic rings. The Labute approximate surface area is 85.5 Å². The van der Waals surface area contributed by atoms with Gasteiger partial charge in [0.2, 0.25) is 0 Å². The Morgan fingerprint density at radius 2 is 2.00 bits per heavy atom. The molecule has 0 heterocycles. The molecule has 0 aliphatic carbocycles. The minimum Gasteiger partial charge on any atom is -0.193 e. The molecule has 0 aliphatic heterocycles. The van der Waals surface area contributed by atoms with E-state index in [2.05, 4.69) is 0 Å². The molecule has 1 nitrogen and oxygen atoms in total. The molecule has 78 valence electrons. The highest BCUT2D eigenvalue weighted by Gasteiger charge is 2.32. The molecule has 0 unspecified atom stereocenters. The molecule has 0 atom stereocenters. The third-order valence-electron chi connectivity index (χ3n) is 2.02. The number of nitrogens with zero attached hydrogens (tertiary/aromatic N) is 1. The molecule has 4 heteroatoms. The lowest BCUT2D eigenvalue weighted by Crippen LogP contribution is -2.07. The summed E-state index contributed by atoms with van der Waals surface area (Å²) in [5.74, 6) is 0. The SMILES string of the molecule is Cc1c(C=CC#N)cccc1C(F)(F)F. The van der Waals surface area contributed by atoms with Gasteiger partial charge >= 0.3 is 6.18 Å². The van der Waals surface area contributed by atoms with E-state index >= 15 is 0 Å². The van der Waals surface area contributed by atoms with E-state index < -0.39 is 11.7 Å². The number of alkyl halides is 3. The summed E-state index contributed by atoms with van der Waals surface area (Å²) in [7, 11) is 0. The van der Waals surface area contributed by atoms with Crippen LogP contribution in [0.25, 0.3) is 6.08 Å². The molecule has 15 heavy (non-hydrogen) atoms. The molecular weight excluding hydrogens is 203 g/mol. The van der Waals surface area contributed by atoms with Crippen molar-refractivity contribution in [1.29, 1.82) is 5.26 Å². The second kappa shape index (κ2) is 4.18. The third kappa shape index (κ3) is 2.59. The van der Waals surface area contributed by atoms with Gasteiger partial charge in [0.05, 0.1) is 11.6 Å². The zero-order chi connectivity index (χ0) is 11.5. The van der Waals surface area contributed by atoms with Gasteiger partial charge in [-0.05, 0) is 30.2 Å². The molecule has 1 aromatic carbocycles. The number of rotatable bonds is 1. The highest BCUT2D eigenvalue weighted by Crippen LogP contribution is 2.33. The first-order chi connectivity index (χ1) is 6.96. The van der Waals surface area contributed by atoms with Crippen LogP contribution in [0.5, 0.6) is 0 Å². The standard InChI is InChI=1S/C11H8F3N/c1-8-9(5-3-7-15)4-2-6-10(8)11(12,13)14/h2-6H,1H3. The second-order valence-electron chi connectivity index (χ2n) is 2.98. The molecule has 0 saturated carbocycles. The molecule has 0 aliphatic rings. The van der Waals surface area contributed by atoms with E-state index in [1.807, 2.05) is 0 Å². The fraction of sp³-hybridized carbons (Fsp3) is 0.182. The molecule has 0 spiro atoms. The Balaban J connectivity index is 3.25. The molecular formula is C11H8F3N. The Kier molecular flexibility index (Phi) is 3.15. The van der Waals surface area contributed by atoms with Gasteiger partial charge in [-0.25, -0.2) is 0 Å². The van der Waals surface area contributed by atoms with Crippen LogP contribution in [0.2, 0.25) is 0 Å². The van der Waals surface area contributed by atoms with Crippen LogP contribution >= 0.6 is 0 Å². The van der Waals surface area contributed by atoms with Crippen LogP contribution in [-0.4, -0.2) is 0 Å². The summed E-state index contributed by atoms with van der Waals surface area (Å²) < 4.78 is 37.4. The lowest BCUT2D eigenvalue weighted by atomic mass is 10.0. The maximum Gasteiger partial charge on any atom is 0.416 e. The van der Waals surface area contributed by atoms with Gasteiger partial charge in [0.1, 0.15) is 0 Å². The molecule has 0 bridgehead atoms. The van der Waals surface area contributed by atoms with E-state index in [1.54, 1.807) is 12.1 Å². The predicted molar refractivity (Wildman–Crippen MR) is 50.8 cm³/mol. The summed E-state index contributed by atoms with van der Waals surface area (Å²) in [6, 6.07) is 5.63. The van der Waals surface area contributed by atoms with Gasteiger partial charge in [-0.2, -0.15) is 18.4 Å². The van der Waals surface area contributed by atoms with Gasteiger partial charge in [0, 0.05) is 6.08 Å². The molecule has 0 saturated heterocycles. The van der Waals surface area contributed by atoms with E-state index in [4.69, 9.17) is 5.26 Å². The zero-order valence-corrected chi connectivity index (χ0v) is 7.97. The zero-order valence-electron chi connectivity index (χ0n) is 7.97. The second-order valence-corrected chi connectivity index (χ2v) is 2.98. The number of hydrogen-bond donors (Lipinski definition) is 0. The summed E-state index contributed by atoms with van der Waals surface area (Å²) in [6.45, 7) is 1.39. The number of allylic oxidation sites excluding steroid dienone is 1. The van der Waals surface area contributed by atoms with Gasteiger partial charge in [0.25, 0.3) is 0 Å². The molecule has 0 fully saturated rings. The Morgan fingerprint density at radius 3 is 2.53 bits per heavy atom. The van der Waals surface area contributed by atoms with Gasteiger partial charge < -0.3 is 0 Å². The van der Waals surface area contributed by atoms with E-state index in [0.717, 1.165) is 12.1 Å². The van der Waals surface area contributed by atoms with Crippen molar-refractivity contribution >= 4 is 6.08 Å². The van der Waals surface area contributed by atoms with E-state index in [-0.39, 0.29) is 5.56 Å². The Bertz CT molecular complexity index is 424. The van der Waals surface area contributed by atoms with Crippen molar-refractivity contribution in [2.45, 2.75) is 13.1 Å². The van der Waals surface area contributed by atoms with Crippen LogP contribution in [0.3, 0.4) is 0 Å². The van der Waals surface area contributed by atoms with Gasteiger partial charge in [-0.1, -0.05) is 12.1 Å². The van der Waals surface area contributed by atoms with E-state index in [9.17, 15) is 13.2 Å². The van der Waals surface area contributed by atoms with Gasteiger partial charge in [0.15, 0.2) is 0 Å². The number of nitriles is 1. The van der Waals surface area contributed by atoms with E-state index in [1.165, 1.54) is 19.1 Å². The van der Waals surface area contributed by atoms with Crippen LogP contribution in [0, 0.1) is 18.3 Å². The average Bonchev–Trinajstić information content (AvgIpc) is 2.14. The highest BCUT2D eigenvalue weighted by atomic mass is 19.4. The van der Waals surface area contributed by atoms with Crippen LogP contribution in [-0.2, 0) is 6.18 Å². The summed E-state index contributed by atoms with van der Waals surface area (Å²) in [5.41, 5.74) is -0.120. The van der Waals surface area contributed by atoms with Crippen LogP contribution in [0.1, 0.15) is 16.7 Å². The van der Waals surface area contributed by atoms with Crippen molar-refractivity contribution in [2.24, 2.45) is 0 Å². The van der Waals surface area contributed by atoms with Gasteiger partial charge in [-0.15, -0.1) is 0 Å². The number of hydrogen-bond acceptors (Lipinski definition) is 1. The first-order valence-corrected chi connectivity index (χ1v) is 4.20. The first kappa shape index (κ1) is 11.3. The molecule has 0 radical (unpaired) electrons. The third-order valence-corrected chi connectivity index (χ3v) is 2.02. The van der Waals surface area contributed by atoms with Crippen molar-refractivity contribution in [3.8, 4) is 6.07 Å². The van der Waals surface area contributed by atoms with Crippen molar-refractivity contribution in [3.05, 3.63) is 41.0 Å². The molecule has 1 rings (SSSR count). The lowest BCUT2D eigenvalue weighted by Gasteiger charge is -2.11. The van der Waals surface area contributed by atoms with Crippen LogP contribution in [0.4, 0.5) is 13.2 Å². The number of halogens is 3. The summed E-state index contributed by atoms with van der Waals surface area (Å²) >= 11 is 0. The Morgan fingerprint density at radius 1 is 1.33 bits per heavy atom. The summed E-state index contributed by atoms with van der Waals surface area (Å²) in [4.78, 5) is 0. The quantitative estimate of drug-likeness (QED) is 0.651. The molecule has 0 aromatic heterocycles. The summed E-state index contributed by atoms with van der Waals surface area (Å²) in [6.07, 6.45) is -1.83. The van der Waals surface area contributed by atoms with Crippen LogP contribution in [0.15, 0.2) is 24.3 Å². The van der Waals surface area contributed by atoms with Crippen molar-refractivity contribution < 1.29 is 13.2 Å². The first-order valence-electron chi connectivity index (χ1n) is 4.20. The number of benzene rings is 1. The molecule has 0 N–H and O–H groups in total. The summed E-state index contributed by atoms with van der Waals surface area (Å²) in [5, 5.41) is 8.29. The fourth-order valence-corrected chi connectivity index (χ4v) is 1.27. The van der Waals surface area contributed by atoms with Crippen molar-refractivity contribution in [1.82, 2.24) is 0 Å². The topological polar surface area (TPSA) is 23.8 Å². The maximum atomic E-state index is 12.5. The monoisotopic (exact) mass is 211 g/mol.